The Hall–Kier alpha value is -1.13. The van der Waals surface area contributed by atoms with Crippen LogP contribution in [-0.2, 0) is 4.79 Å². The van der Waals surface area contributed by atoms with Gasteiger partial charge in [0, 0.05) is 6.42 Å². The van der Waals surface area contributed by atoms with Gasteiger partial charge in [-0.25, -0.2) is 0 Å². The summed E-state index contributed by atoms with van der Waals surface area (Å²) in [6, 6.07) is 0. The number of rotatable bonds is 12. The number of aliphatic hydroxyl groups excluding tert-OH is 1. The number of allylic oxidation sites excluding steroid dienone is 3. The lowest BCUT2D eigenvalue weighted by Crippen LogP contribution is -2.22. The molecule has 2 unspecified atom stereocenters. The molecule has 4 atom stereocenters. The van der Waals surface area contributed by atoms with Crippen LogP contribution in [0.5, 0.6) is 0 Å². The van der Waals surface area contributed by atoms with Crippen molar-refractivity contribution in [2.45, 2.75) is 89.8 Å². The summed E-state index contributed by atoms with van der Waals surface area (Å²) in [7, 11) is 0. The summed E-state index contributed by atoms with van der Waals surface area (Å²) in [6.07, 6.45) is 16.1. The Morgan fingerprint density at radius 1 is 1.20 bits per heavy atom. The maximum atomic E-state index is 10.5. The Morgan fingerprint density at radius 2 is 1.92 bits per heavy atom. The summed E-state index contributed by atoms with van der Waals surface area (Å²) >= 11 is 0. The fourth-order valence-corrected chi connectivity index (χ4v) is 3.60. The summed E-state index contributed by atoms with van der Waals surface area (Å²) < 4.78 is 0. The zero-order valence-electron chi connectivity index (χ0n) is 15.9. The normalized spacial score (nSPS) is 26.5. The molecule has 0 radical (unpaired) electrons. The van der Waals surface area contributed by atoms with Gasteiger partial charge in [0.15, 0.2) is 0 Å². The first-order valence-electron chi connectivity index (χ1n) is 9.82. The molecule has 1 fully saturated rings. The van der Waals surface area contributed by atoms with Crippen LogP contribution in [0.1, 0.15) is 78.1 Å². The average molecular weight is 353 g/mol. The number of aliphatic hydroxyl groups is 2. The quantitative estimate of drug-likeness (QED) is 0.358. The van der Waals surface area contributed by atoms with Crippen LogP contribution in [-0.4, -0.2) is 33.0 Å². The average Bonchev–Trinajstić information content (AvgIpc) is 2.89. The lowest BCUT2D eigenvalue weighted by Gasteiger charge is -2.22. The first kappa shape index (κ1) is 21.9. The van der Waals surface area contributed by atoms with Gasteiger partial charge >= 0.3 is 5.97 Å². The molecule has 4 heteroatoms. The highest BCUT2D eigenvalue weighted by Crippen LogP contribution is 2.37. The fourth-order valence-electron chi connectivity index (χ4n) is 3.60. The van der Waals surface area contributed by atoms with E-state index in [0.717, 1.165) is 51.4 Å². The predicted octanol–water partition coefficient (Wildman–Crippen LogP) is 4.46. The van der Waals surface area contributed by atoms with Crippen LogP contribution < -0.4 is 0 Å². The van der Waals surface area contributed by atoms with E-state index in [9.17, 15) is 15.0 Å². The van der Waals surface area contributed by atoms with Crippen molar-refractivity contribution >= 4 is 5.97 Å². The van der Waals surface area contributed by atoms with E-state index >= 15 is 0 Å². The highest BCUT2D eigenvalue weighted by molar-refractivity contribution is 5.66. The molecular weight excluding hydrogens is 316 g/mol. The van der Waals surface area contributed by atoms with Crippen molar-refractivity contribution in [2.24, 2.45) is 11.8 Å². The second-order valence-corrected chi connectivity index (χ2v) is 7.63. The molecule has 0 aliphatic heterocycles. The van der Waals surface area contributed by atoms with Crippen LogP contribution >= 0.6 is 0 Å². The van der Waals surface area contributed by atoms with Crippen molar-refractivity contribution in [1.29, 1.82) is 0 Å². The van der Waals surface area contributed by atoms with Crippen LogP contribution in [0.25, 0.3) is 0 Å². The molecule has 0 aromatic carbocycles. The van der Waals surface area contributed by atoms with Crippen molar-refractivity contribution in [1.82, 2.24) is 0 Å². The molecule has 0 aromatic heterocycles. The minimum Gasteiger partial charge on any atom is -0.481 e. The topological polar surface area (TPSA) is 77.8 Å². The molecule has 3 N–H and O–H groups in total. The third-order valence-corrected chi connectivity index (χ3v) is 5.19. The van der Waals surface area contributed by atoms with Crippen molar-refractivity contribution in [2.75, 3.05) is 0 Å². The summed E-state index contributed by atoms with van der Waals surface area (Å²) in [6.45, 7) is 4.02. The molecule has 4 nitrogen and oxygen atoms in total. The van der Waals surface area contributed by atoms with E-state index in [1.165, 1.54) is 0 Å². The van der Waals surface area contributed by atoms with E-state index in [2.05, 4.69) is 13.0 Å². The molecule has 0 saturated heterocycles. The van der Waals surface area contributed by atoms with Gasteiger partial charge in [-0.05, 0) is 57.3 Å². The number of carbonyl (C=O) groups is 1. The van der Waals surface area contributed by atoms with E-state index in [1.54, 1.807) is 0 Å². The second-order valence-electron chi connectivity index (χ2n) is 7.63. The Labute approximate surface area is 152 Å². The zero-order chi connectivity index (χ0) is 18.7. The number of hydrogen-bond donors (Lipinski definition) is 3. The molecule has 1 saturated carbocycles. The van der Waals surface area contributed by atoms with Crippen LogP contribution in [0, 0.1) is 11.8 Å². The molecule has 0 heterocycles. The molecule has 1 aliphatic rings. The Bertz CT molecular complexity index is 439. The lowest BCUT2D eigenvalue weighted by atomic mass is 9.88. The van der Waals surface area contributed by atoms with Crippen molar-refractivity contribution < 1.29 is 20.1 Å². The van der Waals surface area contributed by atoms with Gasteiger partial charge in [-0.15, -0.1) is 0 Å². The van der Waals surface area contributed by atoms with Crippen molar-refractivity contribution in [3.8, 4) is 0 Å². The van der Waals surface area contributed by atoms with Gasteiger partial charge in [-0.3, -0.25) is 4.79 Å². The number of unbranched alkanes of at least 4 members (excludes halogenated alkanes) is 2. The maximum Gasteiger partial charge on any atom is 0.303 e. The second kappa shape index (κ2) is 11.5. The van der Waals surface area contributed by atoms with Gasteiger partial charge < -0.3 is 15.3 Å². The van der Waals surface area contributed by atoms with Gasteiger partial charge in [-0.1, -0.05) is 50.5 Å². The fraction of sp³-hybridized carbons (Fsp3) is 0.762. The first-order valence-corrected chi connectivity index (χ1v) is 9.82. The number of aliphatic carboxylic acids is 1. The van der Waals surface area contributed by atoms with Gasteiger partial charge in [0.25, 0.3) is 0 Å². The Balaban J connectivity index is 2.44. The molecule has 0 bridgehead atoms. The van der Waals surface area contributed by atoms with E-state index in [0.29, 0.717) is 12.3 Å². The standard InChI is InChI=1S/C21H36O4/c1-3-4-9-15-21(2,25)16-14-17-12-13-19(22)18(17)10-7-5-6-8-11-20(23)24/h5-6,14,16-19,22,25H,3-4,7-13,15H2,1-2H3,(H,23,24)/t17?,18-,19-,21?/m1/s1. The third kappa shape index (κ3) is 9.22. The van der Waals surface area contributed by atoms with E-state index in [-0.39, 0.29) is 18.4 Å². The Morgan fingerprint density at radius 3 is 2.60 bits per heavy atom. The van der Waals surface area contributed by atoms with Crippen molar-refractivity contribution in [3.05, 3.63) is 24.3 Å². The molecule has 0 aromatic rings. The minimum absolute atomic E-state index is 0.168. The maximum absolute atomic E-state index is 10.5. The van der Waals surface area contributed by atoms with Gasteiger partial charge in [0.2, 0.25) is 0 Å². The summed E-state index contributed by atoms with van der Waals surface area (Å²) in [4.78, 5) is 10.5. The minimum atomic E-state index is -0.771. The smallest absolute Gasteiger partial charge is 0.303 e. The number of carboxylic acids is 1. The molecule has 1 rings (SSSR count). The first-order chi connectivity index (χ1) is 11.9. The van der Waals surface area contributed by atoms with Gasteiger partial charge in [-0.2, -0.15) is 0 Å². The molecule has 144 valence electrons. The molecule has 0 amide bonds. The molecule has 25 heavy (non-hydrogen) atoms. The summed E-state index contributed by atoms with van der Waals surface area (Å²) in [5.74, 6) is -0.223. The van der Waals surface area contributed by atoms with E-state index in [1.807, 2.05) is 25.2 Å². The Kier molecular flexibility index (Phi) is 10.1. The van der Waals surface area contributed by atoms with Gasteiger partial charge in [0.05, 0.1) is 11.7 Å². The number of carboxylic acid groups (broad SMARTS) is 1. The summed E-state index contributed by atoms with van der Waals surface area (Å²) in [5, 5.41) is 29.3. The highest BCUT2D eigenvalue weighted by atomic mass is 16.4. The lowest BCUT2D eigenvalue weighted by molar-refractivity contribution is -0.136. The van der Waals surface area contributed by atoms with Gasteiger partial charge in [0.1, 0.15) is 0 Å². The predicted molar refractivity (Wildman–Crippen MR) is 101 cm³/mol. The van der Waals surface area contributed by atoms with E-state index < -0.39 is 11.6 Å². The van der Waals surface area contributed by atoms with Crippen LogP contribution in [0.2, 0.25) is 0 Å². The highest BCUT2D eigenvalue weighted by Gasteiger charge is 2.33. The molecular formula is C21H36O4. The van der Waals surface area contributed by atoms with Crippen LogP contribution in [0.4, 0.5) is 0 Å². The van der Waals surface area contributed by atoms with Crippen LogP contribution in [0.15, 0.2) is 24.3 Å². The summed E-state index contributed by atoms with van der Waals surface area (Å²) in [5.41, 5.74) is -0.760. The molecule has 1 aliphatic carbocycles. The monoisotopic (exact) mass is 352 g/mol. The van der Waals surface area contributed by atoms with Crippen LogP contribution in [0.3, 0.4) is 0 Å². The van der Waals surface area contributed by atoms with Crippen molar-refractivity contribution in [3.63, 3.8) is 0 Å². The zero-order valence-corrected chi connectivity index (χ0v) is 15.9. The number of hydrogen-bond acceptors (Lipinski definition) is 3. The largest absolute Gasteiger partial charge is 0.481 e. The SMILES string of the molecule is CCCCCC(C)(O)C=CC1CC[C@@H](O)[C@@H]1CCC=CCCC(=O)O. The molecule has 0 spiro atoms. The van der Waals surface area contributed by atoms with E-state index in [4.69, 9.17) is 5.11 Å². The third-order valence-electron chi connectivity index (χ3n) is 5.19.